The number of aromatic nitrogens is 2. The molecule has 0 bridgehead atoms. The molecule has 0 radical (unpaired) electrons. The van der Waals surface area contributed by atoms with E-state index in [-0.39, 0.29) is 0 Å². The molecule has 0 saturated carbocycles. The van der Waals surface area contributed by atoms with Crippen LogP contribution in [0.5, 0.6) is 0 Å². The molecule has 1 rings (SSSR count). The fourth-order valence-corrected chi connectivity index (χ4v) is 6.43. The van der Waals surface area contributed by atoms with Crippen LogP contribution < -0.4 is 4.57 Å². The number of nitrogens with zero attached hydrogens (tertiary/aromatic N) is 1. The summed E-state index contributed by atoms with van der Waals surface area (Å²) in [6.45, 7) is 9.41. The van der Waals surface area contributed by atoms with Crippen molar-refractivity contribution in [1.29, 1.82) is 0 Å². The Balaban J connectivity index is 2.29. The summed E-state index contributed by atoms with van der Waals surface area (Å²) in [5.74, 6) is 2.23. The van der Waals surface area contributed by atoms with E-state index in [0.717, 1.165) is 0 Å². The third-order valence-electron chi connectivity index (χ3n) is 9.14. The first-order valence-corrected chi connectivity index (χ1v) is 18.3. The quantitative estimate of drug-likeness (QED) is 0.0732. The molecule has 1 aromatic heterocycles. The number of unbranched alkanes of at least 4 members (excludes halogenated alkanes) is 22. The molecule has 0 spiro atoms. The summed E-state index contributed by atoms with van der Waals surface area (Å²) in [5.41, 5.74) is 0. The third-order valence-corrected chi connectivity index (χ3v) is 9.14. The Morgan fingerprint density at radius 2 is 0.821 bits per heavy atom. The van der Waals surface area contributed by atoms with E-state index in [1.54, 1.807) is 0 Å². The molecule has 2 atom stereocenters. The van der Waals surface area contributed by atoms with Crippen molar-refractivity contribution in [2.45, 2.75) is 219 Å². The standard InChI is InChI=1S/C37H72N2/c1-5-8-11-13-15-17-18-19-20-22-24-26-29-32-36(31-27-10-7-3)37-38-33-34-39(37)35(4)30-28-25-23-21-16-14-12-9-6-2/h33-36H,5-32H2,1-4H3/p+1. The Hall–Kier alpha value is -0.790. The zero-order valence-electron chi connectivity index (χ0n) is 27.6. The van der Waals surface area contributed by atoms with Crippen molar-refractivity contribution in [2.75, 3.05) is 0 Å². The van der Waals surface area contributed by atoms with Gasteiger partial charge in [0.15, 0.2) is 0 Å². The molecule has 0 saturated heterocycles. The molecule has 1 heterocycles. The van der Waals surface area contributed by atoms with Gasteiger partial charge in [0.1, 0.15) is 12.4 Å². The fourth-order valence-electron chi connectivity index (χ4n) is 6.43. The lowest BCUT2D eigenvalue weighted by Gasteiger charge is -2.17. The highest BCUT2D eigenvalue weighted by Gasteiger charge is 2.25. The largest absolute Gasteiger partial charge is 0.257 e. The normalized spacial score (nSPS) is 13.2. The van der Waals surface area contributed by atoms with E-state index in [1.165, 1.54) is 186 Å². The molecule has 2 nitrogen and oxygen atoms in total. The van der Waals surface area contributed by atoms with Gasteiger partial charge in [-0.1, -0.05) is 175 Å². The van der Waals surface area contributed by atoms with Crippen LogP contribution in [0.25, 0.3) is 0 Å². The van der Waals surface area contributed by atoms with Crippen molar-refractivity contribution in [2.24, 2.45) is 0 Å². The Kier molecular flexibility index (Phi) is 25.4. The fraction of sp³-hybridized carbons (Fsp3) is 0.919. The molecule has 0 aliphatic rings. The highest BCUT2D eigenvalue weighted by Crippen LogP contribution is 2.27. The number of rotatable bonds is 30. The molecule has 230 valence electrons. The molecule has 1 aromatic rings. The summed E-state index contributed by atoms with van der Waals surface area (Å²) in [6, 6.07) is 0.621. The van der Waals surface area contributed by atoms with Crippen molar-refractivity contribution >= 4 is 0 Å². The van der Waals surface area contributed by atoms with Gasteiger partial charge in [0.2, 0.25) is 0 Å². The second-order valence-corrected chi connectivity index (χ2v) is 12.9. The highest BCUT2D eigenvalue weighted by molar-refractivity contribution is 4.90. The van der Waals surface area contributed by atoms with E-state index in [4.69, 9.17) is 0 Å². The van der Waals surface area contributed by atoms with Crippen LogP contribution in [0, 0.1) is 0 Å². The van der Waals surface area contributed by atoms with Crippen LogP contribution in [0.1, 0.15) is 225 Å². The molecule has 0 amide bonds. The molecule has 2 heteroatoms. The van der Waals surface area contributed by atoms with Crippen LogP contribution in [0.15, 0.2) is 12.4 Å². The Labute approximate surface area is 246 Å². The van der Waals surface area contributed by atoms with Gasteiger partial charge in [-0.25, -0.2) is 9.55 Å². The van der Waals surface area contributed by atoms with Crippen LogP contribution in [0.2, 0.25) is 0 Å². The first-order chi connectivity index (χ1) is 19.2. The van der Waals surface area contributed by atoms with Crippen molar-refractivity contribution in [3.05, 3.63) is 18.2 Å². The number of nitrogens with one attached hydrogen (secondary N) is 1. The van der Waals surface area contributed by atoms with Crippen molar-refractivity contribution in [3.8, 4) is 0 Å². The molecular formula is C37H73N2+. The van der Waals surface area contributed by atoms with Gasteiger partial charge in [-0.15, -0.1) is 0 Å². The molecule has 0 fully saturated rings. The summed E-state index contributed by atoms with van der Waals surface area (Å²) in [6.07, 6.45) is 44.2. The maximum atomic E-state index is 3.71. The van der Waals surface area contributed by atoms with E-state index in [1.807, 2.05) is 0 Å². The Morgan fingerprint density at radius 3 is 1.26 bits per heavy atom. The second kappa shape index (κ2) is 27.4. The zero-order chi connectivity index (χ0) is 28.2. The van der Waals surface area contributed by atoms with Gasteiger partial charge >= 0.3 is 0 Å². The summed E-state index contributed by atoms with van der Waals surface area (Å²) < 4.78 is 2.61. The smallest absolute Gasteiger partial charge is 0.247 e. The zero-order valence-corrected chi connectivity index (χ0v) is 27.6. The topological polar surface area (TPSA) is 19.7 Å². The van der Waals surface area contributed by atoms with Crippen LogP contribution in [-0.2, 0) is 0 Å². The molecule has 0 aliphatic heterocycles. The summed E-state index contributed by atoms with van der Waals surface area (Å²) in [4.78, 5) is 3.71. The lowest BCUT2D eigenvalue weighted by molar-refractivity contribution is -0.727. The number of imidazole rings is 1. The second-order valence-electron chi connectivity index (χ2n) is 12.9. The average molecular weight is 546 g/mol. The van der Waals surface area contributed by atoms with E-state index >= 15 is 0 Å². The summed E-state index contributed by atoms with van der Waals surface area (Å²) in [5, 5.41) is 0. The highest BCUT2D eigenvalue weighted by atomic mass is 15.1. The van der Waals surface area contributed by atoms with Crippen LogP contribution >= 0.6 is 0 Å². The van der Waals surface area contributed by atoms with Gasteiger partial charge in [0.05, 0.1) is 12.0 Å². The molecule has 1 N–H and O–H groups in total. The first-order valence-electron chi connectivity index (χ1n) is 18.3. The van der Waals surface area contributed by atoms with Crippen molar-refractivity contribution in [3.63, 3.8) is 0 Å². The number of hydrogen-bond acceptors (Lipinski definition) is 0. The Morgan fingerprint density at radius 1 is 0.487 bits per heavy atom. The van der Waals surface area contributed by atoms with Gasteiger partial charge in [-0.05, 0) is 32.6 Å². The minimum absolute atomic E-state index is 0.621. The minimum Gasteiger partial charge on any atom is -0.247 e. The lowest BCUT2D eigenvalue weighted by atomic mass is 9.93. The molecular weight excluding hydrogens is 472 g/mol. The summed E-state index contributed by atoms with van der Waals surface area (Å²) in [7, 11) is 0. The summed E-state index contributed by atoms with van der Waals surface area (Å²) >= 11 is 0. The molecule has 0 aromatic carbocycles. The monoisotopic (exact) mass is 546 g/mol. The SMILES string of the molecule is CCCCCCCCCCCCCCCC(CCCCC)c1[nH]cc[n+]1C(C)CCCCCCCCCCC. The number of aromatic amines is 1. The van der Waals surface area contributed by atoms with E-state index < -0.39 is 0 Å². The predicted molar refractivity (Wildman–Crippen MR) is 175 cm³/mol. The predicted octanol–water partition coefficient (Wildman–Crippen LogP) is 12.9. The van der Waals surface area contributed by atoms with Gasteiger partial charge < -0.3 is 0 Å². The van der Waals surface area contributed by atoms with Crippen molar-refractivity contribution < 1.29 is 4.57 Å². The first kappa shape index (κ1) is 36.2. The molecule has 0 aliphatic carbocycles. The lowest BCUT2D eigenvalue weighted by Crippen LogP contribution is -2.41. The van der Waals surface area contributed by atoms with Crippen LogP contribution in [0.4, 0.5) is 0 Å². The van der Waals surface area contributed by atoms with Gasteiger partial charge in [0.25, 0.3) is 5.82 Å². The maximum Gasteiger partial charge on any atom is 0.257 e. The third kappa shape index (κ3) is 19.8. The van der Waals surface area contributed by atoms with Crippen LogP contribution in [0.3, 0.4) is 0 Å². The van der Waals surface area contributed by atoms with Gasteiger partial charge in [-0.2, -0.15) is 0 Å². The number of H-pyrrole nitrogens is 1. The van der Waals surface area contributed by atoms with E-state index in [9.17, 15) is 0 Å². The molecule has 39 heavy (non-hydrogen) atoms. The number of hydrogen-bond donors (Lipinski definition) is 1. The minimum atomic E-state index is 0.621. The molecule has 2 unspecified atom stereocenters. The average Bonchev–Trinajstić information content (AvgIpc) is 3.43. The maximum absolute atomic E-state index is 3.71. The Bertz CT molecular complexity index is 606. The van der Waals surface area contributed by atoms with Gasteiger partial charge in [-0.3, -0.25) is 0 Å². The van der Waals surface area contributed by atoms with Gasteiger partial charge in [0, 0.05) is 0 Å². The van der Waals surface area contributed by atoms with Crippen LogP contribution in [-0.4, -0.2) is 4.98 Å². The van der Waals surface area contributed by atoms with Crippen molar-refractivity contribution in [1.82, 2.24) is 4.98 Å². The van der Waals surface area contributed by atoms with E-state index in [0.29, 0.717) is 12.0 Å². The van der Waals surface area contributed by atoms with E-state index in [2.05, 4.69) is 49.6 Å².